The maximum atomic E-state index is 10.2. The number of nitrogen functional groups attached to an aromatic ring is 1. The molecule has 2 N–H and O–H groups in total. The van der Waals surface area contributed by atoms with Crippen molar-refractivity contribution in [2.24, 2.45) is 5.18 Å². The van der Waals surface area contributed by atoms with Gasteiger partial charge in [-0.15, -0.1) is 4.91 Å². The van der Waals surface area contributed by atoms with Crippen LogP contribution in [-0.4, -0.2) is 4.92 Å². The summed E-state index contributed by atoms with van der Waals surface area (Å²) in [5, 5.41) is 12.7. The predicted molar refractivity (Wildman–Crippen MR) is 43.0 cm³/mol. The van der Waals surface area contributed by atoms with Gasteiger partial charge in [-0.1, -0.05) is 0 Å². The second-order valence-electron chi connectivity index (χ2n) is 2.09. The molecule has 0 amide bonds. The Balaban J connectivity index is 3.22. The summed E-state index contributed by atoms with van der Waals surface area (Å²) in [7, 11) is 0. The van der Waals surface area contributed by atoms with E-state index in [-0.39, 0.29) is 17.1 Å². The van der Waals surface area contributed by atoms with Gasteiger partial charge in [0.15, 0.2) is 0 Å². The summed E-state index contributed by atoms with van der Waals surface area (Å²) in [6.45, 7) is 0. The molecular formula is C6H5N3O3. The number of benzene rings is 1. The van der Waals surface area contributed by atoms with E-state index in [4.69, 9.17) is 5.73 Å². The van der Waals surface area contributed by atoms with Crippen LogP contribution in [0, 0.1) is 15.0 Å². The van der Waals surface area contributed by atoms with Crippen LogP contribution in [0.15, 0.2) is 23.4 Å². The Morgan fingerprint density at radius 2 is 2.17 bits per heavy atom. The highest BCUT2D eigenvalue weighted by atomic mass is 16.6. The minimum Gasteiger partial charge on any atom is -0.397 e. The number of nitrogens with two attached hydrogens (primary N) is 1. The third kappa shape index (κ3) is 1.36. The summed E-state index contributed by atoms with van der Waals surface area (Å²) in [4.78, 5) is 19.6. The number of nitro benzene ring substituents is 1. The third-order valence-corrected chi connectivity index (χ3v) is 1.32. The van der Waals surface area contributed by atoms with E-state index in [0.717, 1.165) is 6.07 Å². The van der Waals surface area contributed by atoms with E-state index in [9.17, 15) is 15.0 Å². The van der Waals surface area contributed by atoms with Crippen molar-refractivity contribution in [1.82, 2.24) is 0 Å². The number of anilines is 1. The highest BCUT2D eigenvalue weighted by Crippen LogP contribution is 2.26. The predicted octanol–water partition coefficient (Wildman–Crippen LogP) is 1.57. The molecule has 0 fully saturated rings. The van der Waals surface area contributed by atoms with Gasteiger partial charge in [-0.25, -0.2) is 0 Å². The van der Waals surface area contributed by atoms with Crippen LogP contribution in [0.25, 0.3) is 0 Å². The molecule has 6 heteroatoms. The fourth-order valence-corrected chi connectivity index (χ4v) is 0.725. The van der Waals surface area contributed by atoms with Crippen LogP contribution < -0.4 is 5.73 Å². The molecule has 6 nitrogen and oxygen atoms in total. The molecule has 0 heterocycles. The molecule has 0 aromatic heterocycles. The molecule has 12 heavy (non-hydrogen) atoms. The molecule has 0 bridgehead atoms. The summed E-state index contributed by atoms with van der Waals surface area (Å²) in [6, 6.07) is 3.52. The van der Waals surface area contributed by atoms with Gasteiger partial charge in [0.05, 0.1) is 10.6 Å². The van der Waals surface area contributed by atoms with Gasteiger partial charge in [-0.2, -0.15) is 0 Å². The van der Waals surface area contributed by atoms with Crippen LogP contribution in [0.3, 0.4) is 0 Å². The Bertz CT molecular complexity index is 337. The first-order valence-corrected chi connectivity index (χ1v) is 3.02. The van der Waals surface area contributed by atoms with E-state index >= 15 is 0 Å². The fraction of sp³-hybridized carbons (Fsp3) is 0. The van der Waals surface area contributed by atoms with Crippen LogP contribution in [0.5, 0.6) is 0 Å². The van der Waals surface area contributed by atoms with Crippen molar-refractivity contribution in [3.05, 3.63) is 33.2 Å². The van der Waals surface area contributed by atoms with Gasteiger partial charge in [0.25, 0.3) is 5.69 Å². The van der Waals surface area contributed by atoms with E-state index in [1.165, 1.54) is 12.1 Å². The number of nitroso groups, excluding NO2 is 1. The molecule has 62 valence electrons. The monoisotopic (exact) mass is 167 g/mol. The number of nitrogens with zero attached hydrogens (tertiary/aromatic N) is 2. The molecule has 0 radical (unpaired) electrons. The van der Waals surface area contributed by atoms with E-state index in [0.29, 0.717) is 0 Å². The molecule has 0 unspecified atom stereocenters. The van der Waals surface area contributed by atoms with Crippen molar-refractivity contribution in [3.8, 4) is 0 Å². The van der Waals surface area contributed by atoms with E-state index in [1.807, 2.05) is 0 Å². The molecule has 0 saturated heterocycles. The fourth-order valence-electron chi connectivity index (χ4n) is 0.725. The average molecular weight is 167 g/mol. The Hall–Kier alpha value is -1.98. The van der Waals surface area contributed by atoms with Crippen LogP contribution in [-0.2, 0) is 0 Å². The zero-order valence-corrected chi connectivity index (χ0v) is 5.93. The topological polar surface area (TPSA) is 98.6 Å². The molecule has 1 aromatic rings. The van der Waals surface area contributed by atoms with Crippen LogP contribution >= 0.6 is 0 Å². The average Bonchev–Trinajstić information content (AvgIpc) is 2.05. The molecule has 0 aliphatic rings. The highest BCUT2D eigenvalue weighted by Gasteiger charge is 2.08. The molecule has 0 atom stereocenters. The number of hydrogen-bond donors (Lipinski definition) is 1. The summed E-state index contributed by atoms with van der Waals surface area (Å²) in [5.41, 5.74) is 5.12. The van der Waals surface area contributed by atoms with Crippen LogP contribution in [0.1, 0.15) is 0 Å². The molecule has 0 saturated carbocycles. The number of rotatable bonds is 2. The first-order valence-electron chi connectivity index (χ1n) is 3.02. The van der Waals surface area contributed by atoms with Crippen LogP contribution in [0.4, 0.5) is 17.1 Å². The van der Waals surface area contributed by atoms with Gasteiger partial charge in [-0.3, -0.25) is 10.1 Å². The second kappa shape index (κ2) is 2.95. The van der Waals surface area contributed by atoms with E-state index < -0.39 is 4.92 Å². The number of non-ortho nitro benzene ring substituents is 1. The zero-order chi connectivity index (χ0) is 9.14. The molecule has 0 aliphatic carbocycles. The van der Waals surface area contributed by atoms with Crippen molar-refractivity contribution in [2.75, 3.05) is 5.73 Å². The standard InChI is InChI=1S/C6H5N3O3/c7-5-2-1-4(9(11)12)3-6(5)8-10/h1-3H,7H2. The van der Waals surface area contributed by atoms with Crippen molar-refractivity contribution < 1.29 is 4.92 Å². The smallest absolute Gasteiger partial charge is 0.271 e. The van der Waals surface area contributed by atoms with E-state index in [2.05, 4.69) is 5.18 Å². The SMILES string of the molecule is Nc1ccc([N+](=O)[O-])cc1N=O. The molecule has 0 aliphatic heterocycles. The normalized spacial score (nSPS) is 9.33. The highest BCUT2D eigenvalue weighted by molar-refractivity contribution is 5.65. The maximum Gasteiger partial charge on any atom is 0.271 e. The van der Waals surface area contributed by atoms with Crippen molar-refractivity contribution in [1.29, 1.82) is 0 Å². The van der Waals surface area contributed by atoms with Gasteiger partial charge < -0.3 is 5.73 Å². The van der Waals surface area contributed by atoms with Gasteiger partial charge in [0.1, 0.15) is 5.69 Å². The van der Waals surface area contributed by atoms with E-state index in [1.54, 1.807) is 0 Å². The van der Waals surface area contributed by atoms with Gasteiger partial charge in [0, 0.05) is 12.1 Å². The molecule has 0 spiro atoms. The first kappa shape index (κ1) is 8.12. The summed E-state index contributed by atoms with van der Waals surface area (Å²) in [5.74, 6) is 0. The lowest BCUT2D eigenvalue weighted by Crippen LogP contribution is -1.90. The molecular weight excluding hydrogens is 162 g/mol. The van der Waals surface area contributed by atoms with Gasteiger partial charge in [0.2, 0.25) is 0 Å². The maximum absolute atomic E-state index is 10.2. The first-order chi connectivity index (χ1) is 5.65. The summed E-state index contributed by atoms with van der Waals surface area (Å²) in [6.07, 6.45) is 0. The second-order valence-corrected chi connectivity index (χ2v) is 2.09. The lowest BCUT2D eigenvalue weighted by atomic mass is 10.2. The molecule has 1 rings (SSSR count). The Kier molecular flexibility index (Phi) is 2.00. The Labute approximate surface area is 67.1 Å². The number of nitro groups is 1. The molecule has 1 aromatic carbocycles. The van der Waals surface area contributed by atoms with Crippen molar-refractivity contribution in [2.45, 2.75) is 0 Å². The van der Waals surface area contributed by atoms with Crippen molar-refractivity contribution >= 4 is 17.1 Å². The lowest BCUT2D eigenvalue weighted by molar-refractivity contribution is -0.384. The zero-order valence-electron chi connectivity index (χ0n) is 5.93. The van der Waals surface area contributed by atoms with Crippen LogP contribution in [0.2, 0.25) is 0 Å². The Morgan fingerprint density at radius 1 is 1.50 bits per heavy atom. The lowest BCUT2D eigenvalue weighted by Gasteiger charge is -1.95. The van der Waals surface area contributed by atoms with Gasteiger partial charge >= 0.3 is 0 Å². The largest absolute Gasteiger partial charge is 0.397 e. The summed E-state index contributed by atoms with van der Waals surface area (Å²) < 4.78 is 0. The minimum atomic E-state index is -0.617. The van der Waals surface area contributed by atoms with Gasteiger partial charge in [-0.05, 0) is 11.2 Å². The van der Waals surface area contributed by atoms with Crippen molar-refractivity contribution in [3.63, 3.8) is 0 Å². The number of hydrogen-bond acceptors (Lipinski definition) is 5. The third-order valence-electron chi connectivity index (χ3n) is 1.32. The minimum absolute atomic E-state index is 0.107. The quantitative estimate of drug-likeness (QED) is 0.312. The Morgan fingerprint density at radius 3 is 2.67 bits per heavy atom. The summed E-state index contributed by atoms with van der Waals surface area (Å²) >= 11 is 0.